The fourth-order valence-electron chi connectivity index (χ4n) is 4.86. The molecule has 12 heteroatoms. The molecule has 0 spiro atoms. The molecule has 3 heterocycles. The summed E-state index contributed by atoms with van der Waals surface area (Å²) in [5.41, 5.74) is 1.57. The van der Waals surface area contributed by atoms with E-state index < -0.39 is 26.0 Å². The topological polar surface area (TPSA) is 126 Å². The number of aromatic nitrogens is 1. The molecule has 1 atom stereocenters. The van der Waals surface area contributed by atoms with Crippen molar-refractivity contribution in [1.29, 1.82) is 0 Å². The van der Waals surface area contributed by atoms with Crippen LogP contribution in [0.15, 0.2) is 82.8 Å². The molecule has 0 saturated carbocycles. The minimum Gasteiger partial charge on any atom is -0.379 e. The van der Waals surface area contributed by atoms with Crippen molar-refractivity contribution in [1.82, 2.24) is 13.6 Å². The number of benzene rings is 2. The number of nitrogens with zero attached hydrogens (tertiary/aromatic N) is 3. The van der Waals surface area contributed by atoms with E-state index in [1.165, 1.54) is 45.0 Å². The molecule has 1 aromatic heterocycles. The lowest BCUT2D eigenvalue weighted by Gasteiger charge is -2.34. The van der Waals surface area contributed by atoms with Gasteiger partial charge in [0.05, 0.1) is 29.0 Å². The first-order valence-electron chi connectivity index (χ1n) is 12.8. The second kappa shape index (κ2) is 11.5. The molecule has 3 aromatic rings. The first kappa shape index (κ1) is 27.4. The molecule has 1 amide bonds. The average Bonchev–Trinajstić information content (AvgIpc) is 2.98. The quantitative estimate of drug-likeness (QED) is 0.462. The van der Waals surface area contributed by atoms with Gasteiger partial charge in [-0.15, -0.1) is 0 Å². The normalized spacial score (nSPS) is 19.4. The molecule has 1 N–H and O–H groups in total. The fraction of sp³-hybridized carbons (Fsp3) is 0.333. The van der Waals surface area contributed by atoms with Crippen LogP contribution in [0.2, 0.25) is 0 Å². The fourth-order valence-corrected chi connectivity index (χ4v) is 7.95. The number of carbonyl (C=O) groups is 1. The van der Waals surface area contributed by atoms with E-state index in [-0.39, 0.29) is 34.5 Å². The molecule has 2 aliphatic heterocycles. The third-order valence-electron chi connectivity index (χ3n) is 6.97. The molecule has 0 bridgehead atoms. The summed E-state index contributed by atoms with van der Waals surface area (Å²) in [7, 11) is -7.42. The van der Waals surface area contributed by atoms with Crippen molar-refractivity contribution >= 4 is 31.6 Å². The highest BCUT2D eigenvalue weighted by Gasteiger charge is 2.34. The summed E-state index contributed by atoms with van der Waals surface area (Å²) >= 11 is 0. The van der Waals surface area contributed by atoms with E-state index in [1.807, 2.05) is 12.1 Å². The third-order valence-corrected chi connectivity index (χ3v) is 10.8. The van der Waals surface area contributed by atoms with Gasteiger partial charge in [0.25, 0.3) is 5.91 Å². The highest BCUT2D eigenvalue weighted by Crippen LogP contribution is 2.35. The summed E-state index contributed by atoms with van der Waals surface area (Å²) < 4.78 is 60.7. The summed E-state index contributed by atoms with van der Waals surface area (Å²) in [4.78, 5) is 17.2. The molecule has 39 heavy (non-hydrogen) atoms. The summed E-state index contributed by atoms with van der Waals surface area (Å²) in [6.07, 6.45) is 5.83. The first-order valence-corrected chi connectivity index (χ1v) is 15.7. The molecule has 2 aromatic carbocycles. The number of hydrogen-bond acceptors (Lipinski definition) is 7. The van der Waals surface area contributed by atoms with Gasteiger partial charge in [0, 0.05) is 43.3 Å². The van der Waals surface area contributed by atoms with Gasteiger partial charge in [-0.25, -0.2) is 16.8 Å². The Bertz CT molecular complexity index is 1510. The lowest BCUT2D eigenvalue weighted by Crippen LogP contribution is -2.40. The monoisotopic (exact) mass is 570 g/mol. The molecule has 1 unspecified atom stereocenters. The van der Waals surface area contributed by atoms with Crippen LogP contribution < -0.4 is 5.32 Å². The third kappa shape index (κ3) is 5.89. The Morgan fingerprint density at radius 3 is 2.18 bits per heavy atom. The van der Waals surface area contributed by atoms with E-state index in [9.17, 15) is 21.6 Å². The molecule has 10 nitrogen and oxygen atoms in total. The van der Waals surface area contributed by atoms with Crippen LogP contribution in [0, 0.1) is 0 Å². The Morgan fingerprint density at radius 2 is 1.51 bits per heavy atom. The van der Waals surface area contributed by atoms with E-state index >= 15 is 0 Å². The molecular weight excluding hydrogens is 540 g/mol. The highest BCUT2D eigenvalue weighted by atomic mass is 32.2. The van der Waals surface area contributed by atoms with Gasteiger partial charge in [-0.05, 0) is 73.0 Å². The van der Waals surface area contributed by atoms with Crippen LogP contribution in [0.25, 0.3) is 0 Å². The molecule has 2 fully saturated rings. The Hall–Kier alpha value is -3.16. The number of pyridine rings is 1. The van der Waals surface area contributed by atoms with Crippen molar-refractivity contribution in [3.05, 3.63) is 84.2 Å². The van der Waals surface area contributed by atoms with Gasteiger partial charge in [-0.1, -0.05) is 12.5 Å². The number of morpholine rings is 1. The highest BCUT2D eigenvalue weighted by molar-refractivity contribution is 7.89. The van der Waals surface area contributed by atoms with Crippen molar-refractivity contribution in [2.75, 3.05) is 38.2 Å². The van der Waals surface area contributed by atoms with Crippen LogP contribution >= 0.6 is 0 Å². The lowest BCUT2D eigenvalue weighted by molar-refractivity contribution is 0.0730. The second-order valence-corrected chi connectivity index (χ2v) is 13.3. The van der Waals surface area contributed by atoms with E-state index in [0.717, 1.165) is 24.8 Å². The summed E-state index contributed by atoms with van der Waals surface area (Å²) in [6.45, 7) is 1.71. The Balaban J connectivity index is 1.27. The van der Waals surface area contributed by atoms with Crippen LogP contribution in [0.3, 0.4) is 0 Å². The molecule has 5 rings (SSSR count). The molecule has 0 radical (unpaired) electrons. The Labute approximate surface area is 228 Å². The predicted octanol–water partition coefficient (Wildman–Crippen LogP) is 3.27. The minimum absolute atomic E-state index is 0.109. The van der Waals surface area contributed by atoms with Crippen molar-refractivity contribution in [3.8, 4) is 0 Å². The first-order chi connectivity index (χ1) is 18.8. The van der Waals surface area contributed by atoms with Crippen molar-refractivity contribution < 1.29 is 26.4 Å². The number of sulfonamides is 2. The number of rotatable bonds is 7. The number of carbonyl (C=O) groups excluding carboxylic acids is 1. The standard InChI is InChI=1S/C27H30N4O6S2/c32-27(21-6-10-24(11-7-21)38(33,34)30-16-18-37-19-17-30)29-23-8-12-25(13-9-23)39(35,36)31-15-2-1-5-26(31)22-4-3-14-28-20-22/h3-4,6-14,20,26H,1-2,5,15-19H2,(H,29,32). The number of hydrogen-bond donors (Lipinski definition) is 1. The van der Waals surface area contributed by atoms with Crippen LogP contribution in [0.1, 0.15) is 41.2 Å². The summed E-state index contributed by atoms with van der Waals surface area (Å²) in [6, 6.07) is 15.2. The zero-order valence-electron chi connectivity index (χ0n) is 21.3. The molecule has 2 saturated heterocycles. The van der Waals surface area contributed by atoms with Crippen molar-refractivity contribution in [2.45, 2.75) is 35.1 Å². The Kier molecular flexibility index (Phi) is 8.10. The van der Waals surface area contributed by atoms with Crippen LogP contribution in [-0.2, 0) is 24.8 Å². The van der Waals surface area contributed by atoms with Gasteiger partial charge in [0.1, 0.15) is 0 Å². The number of ether oxygens (including phenoxy) is 1. The van der Waals surface area contributed by atoms with Gasteiger partial charge >= 0.3 is 0 Å². The van der Waals surface area contributed by atoms with Gasteiger partial charge in [0.15, 0.2) is 0 Å². The van der Waals surface area contributed by atoms with Crippen LogP contribution in [-0.4, -0.2) is 69.2 Å². The number of piperidine rings is 1. The van der Waals surface area contributed by atoms with Gasteiger partial charge in [0.2, 0.25) is 20.0 Å². The van der Waals surface area contributed by atoms with Crippen molar-refractivity contribution in [3.63, 3.8) is 0 Å². The molecule has 206 valence electrons. The Morgan fingerprint density at radius 1 is 0.846 bits per heavy atom. The SMILES string of the molecule is O=C(Nc1ccc(S(=O)(=O)N2CCCCC2c2cccnc2)cc1)c1ccc(S(=O)(=O)N2CCOCC2)cc1. The maximum atomic E-state index is 13.5. The lowest BCUT2D eigenvalue weighted by atomic mass is 9.99. The zero-order valence-corrected chi connectivity index (χ0v) is 22.9. The van der Waals surface area contributed by atoms with Gasteiger partial charge < -0.3 is 10.1 Å². The van der Waals surface area contributed by atoms with E-state index in [0.29, 0.717) is 25.4 Å². The summed E-state index contributed by atoms with van der Waals surface area (Å²) in [5.74, 6) is -0.436. The van der Waals surface area contributed by atoms with Crippen LogP contribution in [0.4, 0.5) is 5.69 Å². The number of nitrogens with one attached hydrogen (secondary N) is 1. The van der Waals surface area contributed by atoms with Crippen molar-refractivity contribution in [2.24, 2.45) is 0 Å². The van der Waals surface area contributed by atoms with E-state index in [4.69, 9.17) is 4.74 Å². The van der Waals surface area contributed by atoms with E-state index in [1.54, 1.807) is 24.5 Å². The van der Waals surface area contributed by atoms with Gasteiger partial charge in [-0.2, -0.15) is 8.61 Å². The largest absolute Gasteiger partial charge is 0.379 e. The summed E-state index contributed by atoms with van der Waals surface area (Å²) in [5, 5.41) is 2.74. The van der Waals surface area contributed by atoms with E-state index in [2.05, 4.69) is 10.3 Å². The molecule has 0 aliphatic carbocycles. The smallest absolute Gasteiger partial charge is 0.255 e. The number of anilines is 1. The maximum absolute atomic E-state index is 13.5. The molecular formula is C27H30N4O6S2. The maximum Gasteiger partial charge on any atom is 0.255 e. The zero-order chi connectivity index (χ0) is 27.5. The number of amides is 1. The molecule has 2 aliphatic rings. The second-order valence-electron chi connectivity index (χ2n) is 9.43. The average molecular weight is 571 g/mol. The predicted molar refractivity (Wildman–Crippen MR) is 145 cm³/mol. The minimum atomic E-state index is -3.76. The van der Waals surface area contributed by atoms with Gasteiger partial charge in [-0.3, -0.25) is 9.78 Å². The van der Waals surface area contributed by atoms with Crippen LogP contribution in [0.5, 0.6) is 0 Å².